The first-order valence-electron chi connectivity index (χ1n) is 12.2. The Hall–Kier alpha value is -2.53. The van der Waals surface area contributed by atoms with Gasteiger partial charge in [-0.25, -0.2) is 0 Å². The topological polar surface area (TPSA) is 36.0 Å². The first-order chi connectivity index (χ1) is 15.7. The van der Waals surface area contributed by atoms with Gasteiger partial charge in [-0.05, 0) is 63.4 Å². The molecule has 2 aliphatic rings. The summed E-state index contributed by atoms with van der Waals surface area (Å²) in [5.41, 5.74) is 2.54. The Bertz CT molecular complexity index is 841. The molecule has 0 aliphatic carbocycles. The highest BCUT2D eigenvalue weighted by atomic mass is 16.5. The molecule has 2 aromatic carbocycles. The number of benzene rings is 2. The number of piperidine rings is 1. The summed E-state index contributed by atoms with van der Waals surface area (Å²) in [4.78, 5) is 19.7. The van der Waals surface area contributed by atoms with Gasteiger partial charge in [-0.3, -0.25) is 9.69 Å². The maximum atomic E-state index is 12.8. The molecule has 1 amide bonds. The van der Waals surface area contributed by atoms with Crippen molar-refractivity contribution in [3.05, 3.63) is 60.2 Å². The molecule has 172 valence electrons. The zero-order chi connectivity index (χ0) is 22.2. The summed E-state index contributed by atoms with van der Waals surface area (Å²) >= 11 is 0. The minimum Gasteiger partial charge on any atom is -0.494 e. The second kappa shape index (κ2) is 11.4. The lowest BCUT2D eigenvalue weighted by atomic mass is 9.91. The molecule has 0 atom stereocenters. The van der Waals surface area contributed by atoms with Gasteiger partial charge in [-0.15, -0.1) is 0 Å². The number of para-hydroxylation sites is 2. The van der Waals surface area contributed by atoms with Crippen molar-refractivity contribution in [2.24, 2.45) is 5.92 Å². The third kappa shape index (κ3) is 6.04. The predicted octanol–water partition coefficient (Wildman–Crippen LogP) is 4.43. The van der Waals surface area contributed by atoms with Crippen LogP contribution in [0.1, 0.15) is 38.2 Å². The van der Waals surface area contributed by atoms with Gasteiger partial charge in [0.2, 0.25) is 5.91 Å². The highest BCUT2D eigenvalue weighted by molar-refractivity contribution is 5.76. The van der Waals surface area contributed by atoms with Crippen LogP contribution >= 0.6 is 0 Å². The molecule has 0 unspecified atom stereocenters. The van der Waals surface area contributed by atoms with E-state index in [1.807, 2.05) is 19.1 Å². The molecule has 0 spiro atoms. The average molecular weight is 436 g/mol. The van der Waals surface area contributed by atoms with Crippen LogP contribution < -0.4 is 9.64 Å². The van der Waals surface area contributed by atoms with E-state index < -0.39 is 0 Å². The fourth-order valence-corrected chi connectivity index (χ4v) is 4.94. The van der Waals surface area contributed by atoms with Crippen molar-refractivity contribution in [3.63, 3.8) is 0 Å². The van der Waals surface area contributed by atoms with E-state index in [4.69, 9.17) is 4.74 Å². The van der Waals surface area contributed by atoms with Crippen LogP contribution in [0.5, 0.6) is 5.75 Å². The molecule has 5 nitrogen and oxygen atoms in total. The van der Waals surface area contributed by atoms with Crippen LogP contribution in [0.15, 0.2) is 54.6 Å². The number of nitrogens with zero attached hydrogens (tertiary/aromatic N) is 3. The smallest absolute Gasteiger partial charge is 0.222 e. The monoisotopic (exact) mass is 435 g/mol. The Morgan fingerprint density at radius 3 is 2.31 bits per heavy atom. The third-order valence-corrected chi connectivity index (χ3v) is 6.89. The number of hydrogen-bond acceptors (Lipinski definition) is 4. The first-order valence-corrected chi connectivity index (χ1v) is 12.2. The van der Waals surface area contributed by atoms with Crippen molar-refractivity contribution in [2.75, 3.05) is 50.8 Å². The molecule has 5 heteroatoms. The summed E-state index contributed by atoms with van der Waals surface area (Å²) in [7, 11) is 0. The zero-order valence-electron chi connectivity index (χ0n) is 19.4. The number of rotatable bonds is 8. The van der Waals surface area contributed by atoms with Gasteiger partial charge in [0.1, 0.15) is 5.75 Å². The SMILES string of the molecule is CCOc1ccccc1CN1CCC(CCC(=O)N2CCN(c3ccccc3)CC2)CC1. The zero-order valence-corrected chi connectivity index (χ0v) is 19.4. The molecule has 2 aromatic rings. The van der Waals surface area contributed by atoms with E-state index in [0.29, 0.717) is 24.9 Å². The lowest BCUT2D eigenvalue weighted by Gasteiger charge is -2.36. The highest BCUT2D eigenvalue weighted by Gasteiger charge is 2.24. The van der Waals surface area contributed by atoms with Crippen molar-refractivity contribution in [1.82, 2.24) is 9.80 Å². The van der Waals surface area contributed by atoms with E-state index in [1.54, 1.807) is 0 Å². The van der Waals surface area contributed by atoms with Gasteiger partial charge >= 0.3 is 0 Å². The predicted molar refractivity (Wildman–Crippen MR) is 130 cm³/mol. The lowest BCUT2D eigenvalue weighted by molar-refractivity contribution is -0.131. The van der Waals surface area contributed by atoms with Gasteiger partial charge in [0.05, 0.1) is 6.61 Å². The fraction of sp³-hybridized carbons (Fsp3) is 0.519. The normalized spacial score (nSPS) is 18.0. The summed E-state index contributed by atoms with van der Waals surface area (Å²) in [6.45, 7) is 9.43. The molecular weight excluding hydrogens is 398 g/mol. The van der Waals surface area contributed by atoms with E-state index in [1.165, 1.54) is 24.1 Å². The Labute approximate surface area is 193 Å². The lowest BCUT2D eigenvalue weighted by Crippen LogP contribution is -2.48. The molecular formula is C27H37N3O2. The molecule has 2 fully saturated rings. The Morgan fingerprint density at radius 2 is 1.59 bits per heavy atom. The molecule has 0 N–H and O–H groups in total. The fourth-order valence-electron chi connectivity index (χ4n) is 4.94. The summed E-state index contributed by atoms with van der Waals surface area (Å²) in [6.07, 6.45) is 4.10. The number of amides is 1. The summed E-state index contributed by atoms with van der Waals surface area (Å²) in [5, 5.41) is 0. The van der Waals surface area contributed by atoms with E-state index in [2.05, 4.69) is 57.2 Å². The summed E-state index contributed by atoms with van der Waals surface area (Å²) in [5.74, 6) is 2.02. The summed E-state index contributed by atoms with van der Waals surface area (Å²) < 4.78 is 5.78. The second-order valence-electron chi connectivity index (χ2n) is 9.00. The molecule has 0 radical (unpaired) electrons. The number of likely N-dealkylation sites (tertiary alicyclic amines) is 1. The number of carbonyl (C=O) groups excluding carboxylic acids is 1. The van der Waals surface area contributed by atoms with Crippen molar-refractivity contribution < 1.29 is 9.53 Å². The van der Waals surface area contributed by atoms with Crippen molar-refractivity contribution in [1.29, 1.82) is 0 Å². The second-order valence-corrected chi connectivity index (χ2v) is 9.00. The minimum atomic E-state index is 0.339. The number of hydrogen-bond donors (Lipinski definition) is 0. The Kier molecular flexibility index (Phi) is 8.05. The van der Waals surface area contributed by atoms with E-state index >= 15 is 0 Å². The maximum Gasteiger partial charge on any atom is 0.222 e. The largest absolute Gasteiger partial charge is 0.494 e. The van der Waals surface area contributed by atoms with Gasteiger partial charge in [0.25, 0.3) is 0 Å². The van der Waals surface area contributed by atoms with E-state index in [0.717, 1.165) is 58.0 Å². The number of piperazine rings is 1. The average Bonchev–Trinajstić information content (AvgIpc) is 2.85. The first kappa shape index (κ1) is 22.7. The quantitative estimate of drug-likeness (QED) is 0.615. The molecule has 2 saturated heterocycles. The van der Waals surface area contributed by atoms with Gasteiger partial charge in [0, 0.05) is 50.4 Å². The Balaban J connectivity index is 1.16. The van der Waals surface area contributed by atoms with Crippen LogP contribution in [0.3, 0.4) is 0 Å². The standard InChI is InChI=1S/C27H37N3O2/c1-2-32-26-11-7-6-8-24(26)22-28-16-14-23(15-17-28)12-13-27(31)30-20-18-29(19-21-30)25-9-4-3-5-10-25/h3-11,23H,2,12-22H2,1H3. The molecule has 2 aliphatic heterocycles. The van der Waals surface area contributed by atoms with Crippen LogP contribution in [0.4, 0.5) is 5.69 Å². The van der Waals surface area contributed by atoms with Crippen molar-refractivity contribution in [2.45, 2.75) is 39.2 Å². The van der Waals surface area contributed by atoms with E-state index in [-0.39, 0.29) is 0 Å². The molecule has 32 heavy (non-hydrogen) atoms. The third-order valence-electron chi connectivity index (χ3n) is 6.89. The van der Waals surface area contributed by atoms with Gasteiger partial charge < -0.3 is 14.5 Å². The van der Waals surface area contributed by atoms with Crippen LogP contribution in [0.2, 0.25) is 0 Å². The molecule has 4 rings (SSSR count). The maximum absolute atomic E-state index is 12.8. The van der Waals surface area contributed by atoms with Crippen molar-refractivity contribution in [3.8, 4) is 5.75 Å². The summed E-state index contributed by atoms with van der Waals surface area (Å²) in [6, 6.07) is 18.9. The van der Waals surface area contributed by atoms with Crippen molar-refractivity contribution >= 4 is 11.6 Å². The Morgan fingerprint density at radius 1 is 0.906 bits per heavy atom. The number of ether oxygens (including phenoxy) is 1. The van der Waals surface area contributed by atoms with Gasteiger partial charge in [-0.2, -0.15) is 0 Å². The van der Waals surface area contributed by atoms with Gasteiger partial charge in [-0.1, -0.05) is 36.4 Å². The van der Waals surface area contributed by atoms with E-state index in [9.17, 15) is 4.79 Å². The molecule has 0 bridgehead atoms. The minimum absolute atomic E-state index is 0.339. The number of anilines is 1. The molecule has 0 aromatic heterocycles. The molecule has 2 heterocycles. The van der Waals surface area contributed by atoms with Crippen LogP contribution in [0.25, 0.3) is 0 Å². The number of carbonyl (C=O) groups is 1. The van der Waals surface area contributed by atoms with Crippen LogP contribution in [-0.2, 0) is 11.3 Å². The van der Waals surface area contributed by atoms with Gasteiger partial charge in [0.15, 0.2) is 0 Å². The molecule has 0 saturated carbocycles. The van der Waals surface area contributed by atoms with Crippen LogP contribution in [0, 0.1) is 5.92 Å². The van der Waals surface area contributed by atoms with Crippen LogP contribution in [-0.4, -0.2) is 61.6 Å². The highest BCUT2D eigenvalue weighted by Crippen LogP contribution is 2.26.